The predicted octanol–water partition coefficient (Wildman–Crippen LogP) is 3.30. The van der Waals surface area contributed by atoms with Crippen LogP contribution < -0.4 is 10.1 Å². The van der Waals surface area contributed by atoms with Gasteiger partial charge in [0, 0.05) is 12.3 Å². The Hall–Kier alpha value is -3.37. The number of nitriles is 1. The summed E-state index contributed by atoms with van der Waals surface area (Å²) in [5, 5.41) is 11.4. The lowest BCUT2D eigenvalue weighted by molar-refractivity contribution is -0.123. The van der Waals surface area contributed by atoms with Gasteiger partial charge in [0.05, 0.1) is 23.3 Å². The molecule has 7 heteroatoms. The second-order valence-electron chi connectivity index (χ2n) is 6.70. The van der Waals surface area contributed by atoms with E-state index < -0.39 is 18.0 Å². The van der Waals surface area contributed by atoms with Crippen LogP contribution in [0.3, 0.4) is 0 Å². The number of esters is 1. The van der Waals surface area contributed by atoms with Crippen molar-refractivity contribution in [3.05, 3.63) is 59.7 Å². The van der Waals surface area contributed by atoms with Gasteiger partial charge < -0.3 is 19.5 Å². The van der Waals surface area contributed by atoms with Crippen molar-refractivity contribution < 1.29 is 23.8 Å². The molecule has 1 aliphatic rings. The number of carbonyl (C=O) groups is 2. The molecule has 29 heavy (non-hydrogen) atoms. The zero-order chi connectivity index (χ0) is 20.6. The maximum absolute atomic E-state index is 12.3. The molecular weight excluding hydrogens is 372 g/mol. The number of nitrogens with one attached hydrogen (secondary N) is 1. The Balaban J connectivity index is 1.48. The third kappa shape index (κ3) is 5.80. The predicted molar refractivity (Wildman–Crippen MR) is 106 cm³/mol. The fourth-order valence-corrected chi connectivity index (χ4v) is 2.81. The van der Waals surface area contributed by atoms with E-state index in [2.05, 4.69) is 5.32 Å². The van der Waals surface area contributed by atoms with Crippen molar-refractivity contribution in [3.63, 3.8) is 0 Å². The molecule has 1 aliphatic heterocycles. The van der Waals surface area contributed by atoms with Gasteiger partial charge in [-0.25, -0.2) is 4.79 Å². The standard InChI is InChI=1S/C22H22N2O5/c1-15(21(25)24-18-8-4-16(13-23)5-9-18)29-22(26)17-6-10-19(11-7-17)28-14-20-3-2-12-27-20/h4-11,15,20H,2-3,12,14H2,1H3,(H,24,25)/t15-,20+/m0/s1. The van der Waals surface area contributed by atoms with Crippen molar-refractivity contribution in [1.29, 1.82) is 5.26 Å². The Morgan fingerprint density at radius 1 is 1.21 bits per heavy atom. The van der Waals surface area contributed by atoms with E-state index in [1.807, 2.05) is 6.07 Å². The topological polar surface area (TPSA) is 97.7 Å². The van der Waals surface area contributed by atoms with E-state index >= 15 is 0 Å². The van der Waals surface area contributed by atoms with Crippen LogP contribution in [0.2, 0.25) is 0 Å². The maximum atomic E-state index is 12.3. The lowest BCUT2D eigenvalue weighted by Gasteiger charge is -2.14. The van der Waals surface area contributed by atoms with Crippen molar-refractivity contribution in [2.45, 2.75) is 32.0 Å². The Labute approximate surface area is 169 Å². The summed E-state index contributed by atoms with van der Waals surface area (Å²) in [4.78, 5) is 24.5. The number of hydrogen-bond donors (Lipinski definition) is 1. The van der Waals surface area contributed by atoms with E-state index in [0.717, 1.165) is 19.4 Å². The molecule has 0 aromatic heterocycles. The van der Waals surface area contributed by atoms with E-state index in [4.69, 9.17) is 19.5 Å². The number of carbonyl (C=O) groups excluding carboxylic acids is 2. The van der Waals surface area contributed by atoms with Crippen LogP contribution in [-0.2, 0) is 14.3 Å². The summed E-state index contributed by atoms with van der Waals surface area (Å²) in [5.74, 6) is -0.415. The molecule has 2 aromatic rings. The fraction of sp³-hybridized carbons (Fsp3) is 0.318. The molecule has 1 saturated heterocycles. The number of rotatable bonds is 7. The van der Waals surface area contributed by atoms with Crippen molar-refractivity contribution in [2.24, 2.45) is 0 Å². The summed E-state index contributed by atoms with van der Waals surface area (Å²) in [6, 6.07) is 15.0. The molecule has 2 aromatic carbocycles. The van der Waals surface area contributed by atoms with Gasteiger partial charge in [0.15, 0.2) is 6.10 Å². The number of amides is 1. The van der Waals surface area contributed by atoms with Gasteiger partial charge in [0.1, 0.15) is 12.4 Å². The van der Waals surface area contributed by atoms with Crippen LogP contribution in [0.15, 0.2) is 48.5 Å². The number of nitrogens with zero attached hydrogens (tertiary/aromatic N) is 1. The SMILES string of the molecule is C[C@H](OC(=O)c1ccc(OC[C@H]2CCCO2)cc1)C(=O)Nc1ccc(C#N)cc1. The third-order valence-electron chi connectivity index (χ3n) is 4.48. The highest BCUT2D eigenvalue weighted by molar-refractivity contribution is 5.97. The molecule has 3 rings (SSSR count). The van der Waals surface area contributed by atoms with Crippen LogP contribution >= 0.6 is 0 Å². The summed E-state index contributed by atoms with van der Waals surface area (Å²) < 4.78 is 16.4. The van der Waals surface area contributed by atoms with E-state index in [0.29, 0.717) is 29.2 Å². The minimum atomic E-state index is -0.978. The van der Waals surface area contributed by atoms with Crippen molar-refractivity contribution in [3.8, 4) is 11.8 Å². The molecule has 7 nitrogen and oxygen atoms in total. The summed E-state index contributed by atoms with van der Waals surface area (Å²) in [7, 11) is 0. The first-order chi connectivity index (χ1) is 14.0. The minimum Gasteiger partial charge on any atom is -0.491 e. The second kappa shape index (κ2) is 9.71. The largest absolute Gasteiger partial charge is 0.491 e. The molecule has 150 valence electrons. The molecule has 1 heterocycles. The highest BCUT2D eigenvalue weighted by atomic mass is 16.5. The van der Waals surface area contributed by atoms with Gasteiger partial charge in [-0.1, -0.05) is 0 Å². The molecule has 0 spiro atoms. The quantitative estimate of drug-likeness (QED) is 0.724. The second-order valence-corrected chi connectivity index (χ2v) is 6.70. The van der Waals surface area contributed by atoms with Crippen molar-refractivity contribution >= 4 is 17.6 Å². The van der Waals surface area contributed by atoms with Gasteiger partial charge in [0.2, 0.25) is 0 Å². The number of ether oxygens (including phenoxy) is 3. The molecule has 0 bridgehead atoms. The highest BCUT2D eigenvalue weighted by Gasteiger charge is 2.20. The molecule has 1 fully saturated rings. The van der Waals surface area contributed by atoms with Crippen LogP contribution in [0.1, 0.15) is 35.7 Å². The summed E-state index contributed by atoms with van der Waals surface area (Å²) in [5.41, 5.74) is 1.34. The van der Waals surface area contributed by atoms with Crippen LogP contribution in [-0.4, -0.2) is 37.3 Å². The van der Waals surface area contributed by atoms with Gasteiger partial charge in [-0.05, 0) is 68.3 Å². The van der Waals surface area contributed by atoms with Crippen molar-refractivity contribution in [2.75, 3.05) is 18.5 Å². The van der Waals surface area contributed by atoms with Gasteiger partial charge in [0.25, 0.3) is 5.91 Å². The van der Waals surface area contributed by atoms with E-state index in [9.17, 15) is 9.59 Å². The molecule has 0 saturated carbocycles. The summed E-state index contributed by atoms with van der Waals surface area (Å²) >= 11 is 0. The molecule has 0 radical (unpaired) electrons. The average Bonchev–Trinajstić information content (AvgIpc) is 3.26. The molecular formula is C22H22N2O5. The molecule has 0 aliphatic carbocycles. The van der Waals surface area contributed by atoms with Crippen LogP contribution in [0.25, 0.3) is 0 Å². The van der Waals surface area contributed by atoms with Gasteiger partial charge in [-0.15, -0.1) is 0 Å². The third-order valence-corrected chi connectivity index (χ3v) is 4.48. The number of hydrogen-bond acceptors (Lipinski definition) is 6. The lowest BCUT2D eigenvalue weighted by Crippen LogP contribution is -2.30. The van der Waals surface area contributed by atoms with Crippen LogP contribution in [0, 0.1) is 11.3 Å². The van der Waals surface area contributed by atoms with Crippen LogP contribution in [0.5, 0.6) is 5.75 Å². The minimum absolute atomic E-state index is 0.120. The first-order valence-corrected chi connectivity index (χ1v) is 9.41. The monoisotopic (exact) mass is 394 g/mol. The van der Waals surface area contributed by atoms with Gasteiger partial charge in [-0.3, -0.25) is 4.79 Å². The maximum Gasteiger partial charge on any atom is 0.338 e. The van der Waals surface area contributed by atoms with Crippen molar-refractivity contribution in [1.82, 2.24) is 0 Å². The van der Waals surface area contributed by atoms with E-state index in [1.54, 1.807) is 48.5 Å². The molecule has 1 amide bonds. The molecule has 0 unspecified atom stereocenters. The Bertz CT molecular complexity index is 881. The van der Waals surface area contributed by atoms with E-state index in [1.165, 1.54) is 6.92 Å². The molecule has 2 atom stereocenters. The number of benzene rings is 2. The van der Waals surface area contributed by atoms with E-state index in [-0.39, 0.29) is 6.10 Å². The zero-order valence-corrected chi connectivity index (χ0v) is 16.1. The normalized spacial score (nSPS) is 16.5. The molecule has 1 N–H and O–H groups in total. The Morgan fingerprint density at radius 2 is 1.93 bits per heavy atom. The average molecular weight is 394 g/mol. The summed E-state index contributed by atoms with van der Waals surface area (Å²) in [6.07, 6.45) is 1.19. The lowest BCUT2D eigenvalue weighted by atomic mass is 10.2. The first-order valence-electron chi connectivity index (χ1n) is 9.41. The fourth-order valence-electron chi connectivity index (χ4n) is 2.81. The smallest absolute Gasteiger partial charge is 0.338 e. The van der Waals surface area contributed by atoms with Crippen LogP contribution in [0.4, 0.5) is 5.69 Å². The van der Waals surface area contributed by atoms with Gasteiger partial charge >= 0.3 is 5.97 Å². The van der Waals surface area contributed by atoms with Gasteiger partial charge in [-0.2, -0.15) is 5.26 Å². The Kier molecular flexibility index (Phi) is 6.82. The zero-order valence-electron chi connectivity index (χ0n) is 16.1. The first kappa shape index (κ1) is 20.4. The summed E-state index contributed by atoms with van der Waals surface area (Å²) in [6.45, 7) is 2.75. The Morgan fingerprint density at radius 3 is 2.55 bits per heavy atom. The number of anilines is 1. The highest BCUT2D eigenvalue weighted by Crippen LogP contribution is 2.17.